The molecule has 1 aromatic heterocycles. The number of imidazole rings is 1. The second-order valence-electron chi connectivity index (χ2n) is 5.68. The number of para-hydroxylation sites is 1. The van der Waals surface area contributed by atoms with Crippen LogP contribution in [0.25, 0.3) is 11.0 Å². The van der Waals surface area contributed by atoms with Gasteiger partial charge in [0, 0.05) is 6.54 Å². The molecule has 6 heteroatoms. The summed E-state index contributed by atoms with van der Waals surface area (Å²) in [5.41, 5.74) is 5.10. The smallest absolute Gasteiger partial charge is 0.337 e. The first kappa shape index (κ1) is 13.9. The lowest BCUT2D eigenvalue weighted by Gasteiger charge is -2.21. The summed E-state index contributed by atoms with van der Waals surface area (Å²) in [5.74, 6) is -0.211. The number of aromatic nitrogens is 2. The molecule has 0 spiro atoms. The Bertz CT molecular complexity index is 741. The SMILES string of the molecule is NC(=O)n1c(=O)n(CC2CCCCC2)c2cccc(F)c21. The third-order valence-corrected chi connectivity index (χ3v) is 4.29. The van der Waals surface area contributed by atoms with E-state index in [-0.39, 0.29) is 5.52 Å². The zero-order valence-corrected chi connectivity index (χ0v) is 11.7. The van der Waals surface area contributed by atoms with Gasteiger partial charge in [-0.25, -0.2) is 18.5 Å². The Morgan fingerprint density at radius 3 is 2.67 bits per heavy atom. The molecular weight excluding hydrogens is 273 g/mol. The van der Waals surface area contributed by atoms with Crippen molar-refractivity contribution in [2.24, 2.45) is 11.7 Å². The lowest BCUT2D eigenvalue weighted by atomic mass is 9.89. The van der Waals surface area contributed by atoms with E-state index in [9.17, 15) is 14.0 Å². The molecule has 21 heavy (non-hydrogen) atoms. The van der Waals surface area contributed by atoms with Crippen LogP contribution in [0.2, 0.25) is 0 Å². The molecule has 1 heterocycles. The number of halogens is 1. The maximum absolute atomic E-state index is 14.0. The van der Waals surface area contributed by atoms with Crippen molar-refractivity contribution in [2.75, 3.05) is 0 Å². The second kappa shape index (κ2) is 5.35. The summed E-state index contributed by atoms with van der Waals surface area (Å²) in [4.78, 5) is 23.9. The number of hydrogen-bond acceptors (Lipinski definition) is 2. The first-order chi connectivity index (χ1) is 10.1. The molecule has 1 aliphatic rings. The predicted molar refractivity (Wildman–Crippen MR) is 77.7 cm³/mol. The average Bonchev–Trinajstić information content (AvgIpc) is 2.75. The zero-order valence-electron chi connectivity index (χ0n) is 11.7. The monoisotopic (exact) mass is 291 g/mol. The van der Waals surface area contributed by atoms with Crippen LogP contribution in [0.1, 0.15) is 32.1 Å². The van der Waals surface area contributed by atoms with Crippen LogP contribution in [0.5, 0.6) is 0 Å². The number of primary amides is 1. The molecule has 5 nitrogen and oxygen atoms in total. The van der Waals surface area contributed by atoms with E-state index in [0.29, 0.717) is 18.0 Å². The number of amides is 1. The number of nitrogens with two attached hydrogens (primary N) is 1. The topological polar surface area (TPSA) is 70.0 Å². The van der Waals surface area contributed by atoms with Crippen LogP contribution in [0, 0.1) is 11.7 Å². The molecule has 0 atom stereocenters. The van der Waals surface area contributed by atoms with Gasteiger partial charge in [0.05, 0.1) is 5.52 Å². The minimum atomic E-state index is -0.947. The van der Waals surface area contributed by atoms with E-state index in [1.165, 1.54) is 17.1 Å². The summed E-state index contributed by atoms with van der Waals surface area (Å²) in [6.45, 7) is 0.513. The average molecular weight is 291 g/mol. The Labute approximate surface area is 121 Å². The van der Waals surface area contributed by atoms with Crippen molar-refractivity contribution in [2.45, 2.75) is 38.6 Å². The number of nitrogens with zero attached hydrogens (tertiary/aromatic N) is 2. The summed E-state index contributed by atoms with van der Waals surface area (Å²) in [6.07, 6.45) is 5.66. The van der Waals surface area contributed by atoms with Crippen molar-refractivity contribution in [3.8, 4) is 0 Å². The number of carbonyl (C=O) groups is 1. The van der Waals surface area contributed by atoms with Gasteiger partial charge >= 0.3 is 11.7 Å². The van der Waals surface area contributed by atoms with Crippen molar-refractivity contribution < 1.29 is 9.18 Å². The second-order valence-corrected chi connectivity index (χ2v) is 5.68. The van der Waals surface area contributed by atoms with E-state index in [1.54, 1.807) is 12.1 Å². The molecule has 0 radical (unpaired) electrons. The van der Waals surface area contributed by atoms with Gasteiger partial charge in [0.25, 0.3) is 0 Å². The predicted octanol–water partition coefficient (Wildman–Crippen LogP) is 2.45. The van der Waals surface area contributed by atoms with Gasteiger partial charge < -0.3 is 5.73 Å². The normalized spacial score (nSPS) is 16.4. The Morgan fingerprint density at radius 1 is 1.29 bits per heavy atom. The van der Waals surface area contributed by atoms with Crippen LogP contribution in [0.3, 0.4) is 0 Å². The highest BCUT2D eigenvalue weighted by atomic mass is 19.1. The molecular formula is C15H18FN3O2. The summed E-state index contributed by atoms with van der Waals surface area (Å²) in [6, 6.07) is 3.48. The molecule has 1 aliphatic carbocycles. The highest BCUT2D eigenvalue weighted by molar-refractivity contribution is 5.88. The van der Waals surface area contributed by atoms with Crippen LogP contribution in [-0.4, -0.2) is 15.2 Å². The van der Waals surface area contributed by atoms with Crippen LogP contribution >= 0.6 is 0 Å². The van der Waals surface area contributed by atoms with Crippen LogP contribution in [0.15, 0.2) is 23.0 Å². The van der Waals surface area contributed by atoms with E-state index in [0.717, 1.165) is 30.3 Å². The van der Waals surface area contributed by atoms with Gasteiger partial charge in [-0.2, -0.15) is 0 Å². The molecule has 0 aliphatic heterocycles. The zero-order chi connectivity index (χ0) is 15.0. The summed E-state index contributed by atoms with van der Waals surface area (Å²) < 4.78 is 16.2. The van der Waals surface area contributed by atoms with Crippen LogP contribution in [-0.2, 0) is 6.54 Å². The number of fused-ring (bicyclic) bond motifs is 1. The van der Waals surface area contributed by atoms with Crippen molar-refractivity contribution in [1.29, 1.82) is 0 Å². The van der Waals surface area contributed by atoms with Crippen molar-refractivity contribution in [1.82, 2.24) is 9.13 Å². The van der Waals surface area contributed by atoms with Gasteiger partial charge in [0.15, 0.2) is 0 Å². The van der Waals surface area contributed by atoms with E-state index in [4.69, 9.17) is 5.73 Å². The Kier molecular flexibility index (Phi) is 3.53. The fourth-order valence-electron chi connectivity index (χ4n) is 3.27. The number of carbonyl (C=O) groups excluding carboxylic acids is 1. The molecule has 1 saturated carbocycles. The molecule has 1 amide bonds. The minimum Gasteiger partial charge on any atom is -0.351 e. The summed E-state index contributed by atoms with van der Waals surface area (Å²) in [5, 5.41) is 0. The van der Waals surface area contributed by atoms with Crippen molar-refractivity contribution in [3.05, 3.63) is 34.5 Å². The lowest BCUT2D eigenvalue weighted by Crippen LogP contribution is -2.34. The van der Waals surface area contributed by atoms with Gasteiger partial charge in [-0.15, -0.1) is 0 Å². The molecule has 0 bridgehead atoms. The van der Waals surface area contributed by atoms with Gasteiger partial charge in [0.1, 0.15) is 11.3 Å². The third kappa shape index (κ3) is 2.34. The van der Waals surface area contributed by atoms with Gasteiger partial charge in [-0.3, -0.25) is 4.57 Å². The highest BCUT2D eigenvalue weighted by Gasteiger charge is 2.22. The van der Waals surface area contributed by atoms with Gasteiger partial charge in [0.2, 0.25) is 0 Å². The van der Waals surface area contributed by atoms with Crippen LogP contribution < -0.4 is 11.4 Å². The summed E-state index contributed by atoms with van der Waals surface area (Å²) in [7, 11) is 0. The molecule has 112 valence electrons. The van der Waals surface area contributed by atoms with E-state index in [1.807, 2.05) is 0 Å². The quantitative estimate of drug-likeness (QED) is 0.923. The van der Waals surface area contributed by atoms with Gasteiger partial charge in [-0.05, 0) is 30.9 Å². The lowest BCUT2D eigenvalue weighted by molar-refractivity contribution is 0.249. The largest absolute Gasteiger partial charge is 0.351 e. The van der Waals surface area contributed by atoms with Crippen LogP contribution in [0.4, 0.5) is 9.18 Å². The maximum atomic E-state index is 14.0. The molecule has 1 aromatic carbocycles. The van der Waals surface area contributed by atoms with Gasteiger partial charge in [-0.1, -0.05) is 25.3 Å². The number of hydrogen-bond donors (Lipinski definition) is 1. The Morgan fingerprint density at radius 2 is 2.00 bits per heavy atom. The molecule has 3 rings (SSSR count). The van der Waals surface area contributed by atoms with E-state index in [2.05, 4.69) is 0 Å². The minimum absolute atomic E-state index is 0.0224. The summed E-state index contributed by atoms with van der Waals surface area (Å²) >= 11 is 0. The number of benzene rings is 1. The maximum Gasteiger partial charge on any atom is 0.337 e. The molecule has 0 saturated heterocycles. The Hall–Kier alpha value is -2.11. The van der Waals surface area contributed by atoms with E-state index >= 15 is 0 Å². The fraction of sp³-hybridized carbons (Fsp3) is 0.467. The molecule has 0 unspecified atom stereocenters. The first-order valence-corrected chi connectivity index (χ1v) is 7.29. The highest BCUT2D eigenvalue weighted by Crippen LogP contribution is 2.26. The molecule has 2 aromatic rings. The third-order valence-electron chi connectivity index (χ3n) is 4.29. The molecule has 2 N–H and O–H groups in total. The Balaban J connectivity index is 2.13. The van der Waals surface area contributed by atoms with Crippen molar-refractivity contribution >= 4 is 17.1 Å². The molecule has 1 fully saturated rings. The number of rotatable bonds is 2. The first-order valence-electron chi connectivity index (χ1n) is 7.29. The standard InChI is InChI=1S/C15H18FN3O2/c16-11-7-4-8-12-13(11)19(14(17)20)15(21)18(12)9-10-5-2-1-3-6-10/h4,7-8,10H,1-3,5-6,9H2,(H2,17,20). The fourth-order valence-corrected chi connectivity index (χ4v) is 3.27. The van der Waals surface area contributed by atoms with E-state index < -0.39 is 17.5 Å². The van der Waals surface area contributed by atoms with Crippen molar-refractivity contribution in [3.63, 3.8) is 0 Å².